The number of nitrogens with one attached hydrogen (secondary N) is 3. The lowest BCUT2D eigenvalue weighted by Gasteiger charge is -2.14. The lowest BCUT2D eigenvalue weighted by molar-refractivity contribution is -0.137. The average Bonchev–Trinajstić information content (AvgIpc) is 2.55. The van der Waals surface area contributed by atoms with Gasteiger partial charge in [0, 0.05) is 16.3 Å². The maximum Gasteiger partial charge on any atom is 0.420 e. The first-order valence-electron chi connectivity index (χ1n) is 7.15. The van der Waals surface area contributed by atoms with Crippen LogP contribution in [0.2, 0.25) is 0 Å². The Bertz CT molecular complexity index is 867. The molecule has 0 aliphatic heterocycles. The van der Waals surface area contributed by atoms with E-state index in [0.29, 0.717) is 11.1 Å². The molecule has 3 N–H and O–H groups in total. The highest BCUT2D eigenvalue weighted by atomic mass is 79.9. The molecule has 1 heterocycles. The minimum atomic E-state index is -4.70. The molecule has 2 aromatic rings. The van der Waals surface area contributed by atoms with Crippen LogP contribution in [0.25, 0.3) is 0 Å². The van der Waals surface area contributed by atoms with Crippen molar-refractivity contribution in [3.63, 3.8) is 0 Å². The summed E-state index contributed by atoms with van der Waals surface area (Å²) in [7, 11) is 0. The molecule has 0 radical (unpaired) electrons. The van der Waals surface area contributed by atoms with Crippen LogP contribution in [-0.2, 0) is 6.18 Å². The maximum absolute atomic E-state index is 13.2. The number of pyridine rings is 1. The summed E-state index contributed by atoms with van der Waals surface area (Å²) in [5.74, 6) is -1.08. The second-order valence-electron chi connectivity index (χ2n) is 5.09. The van der Waals surface area contributed by atoms with Crippen LogP contribution in [0.5, 0.6) is 0 Å². The molecule has 0 bridgehead atoms. The van der Waals surface area contributed by atoms with E-state index in [1.165, 1.54) is 0 Å². The molecule has 0 fully saturated rings. The number of alkyl halides is 3. The molecule has 136 valence electrons. The van der Waals surface area contributed by atoms with Crippen molar-refractivity contribution < 1.29 is 18.0 Å². The Kier molecular flexibility index (Phi) is 6.09. The third-order valence-electron chi connectivity index (χ3n) is 3.20. The average molecular weight is 428 g/mol. The van der Waals surface area contributed by atoms with E-state index in [1.807, 2.05) is 0 Å². The van der Waals surface area contributed by atoms with E-state index in [0.717, 1.165) is 29.2 Å². The van der Waals surface area contributed by atoms with Gasteiger partial charge in [-0.1, -0.05) is 15.9 Å². The Labute approximate surface area is 155 Å². The van der Waals surface area contributed by atoms with Crippen molar-refractivity contribution in [2.45, 2.75) is 13.1 Å². The number of hydrogen-bond donors (Lipinski definition) is 3. The Morgan fingerprint density at radius 2 is 2.08 bits per heavy atom. The Morgan fingerprint density at radius 1 is 1.35 bits per heavy atom. The fraction of sp³-hybridized carbons (Fsp3) is 0.125. The summed E-state index contributed by atoms with van der Waals surface area (Å²) in [6, 6.07) is 5.72. The second kappa shape index (κ2) is 8.09. The molecule has 26 heavy (non-hydrogen) atoms. The van der Waals surface area contributed by atoms with Gasteiger partial charge in [0.05, 0.1) is 18.1 Å². The molecule has 1 aromatic heterocycles. The summed E-state index contributed by atoms with van der Waals surface area (Å²) in [5, 5.41) is 12.6. The van der Waals surface area contributed by atoms with Crippen molar-refractivity contribution in [2.75, 3.05) is 10.7 Å². The van der Waals surface area contributed by atoms with Gasteiger partial charge >= 0.3 is 6.18 Å². The highest BCUT2D eigenvalue weighted by Crippen LogP contribution is 2.35. The fourth-order valence-electron chi connectivity index (χ4n) is 2.05. The highest BCUT2D eigenvalue weighted by molar-refractivity contribution is 9.10. The summed E-state index contributed by atoms with van der Waals surface area (Å²) in [6.45, 7) is 1.72. The number of aromatic nitrogens is 1. The number of halogens is 4. The summed E-state index contributed by atoms with van der Waals surface area (Å²) in [4.78, 5) is 16.0. The zero-order chi connectivity index (χ0) is 19.3. The van der Waals surface area contributed by atoms with Crippen molar-refractivity contribution in [3.05, 3.63) is 51.6 Å². The quantitative estimate of drug-likeness (QED) is 0.485. The Hall–Kier alpha value is -2.75. The van der Waals surface area contributed by atoms with E-state index >= 15 is 0 Å². The molecule has 0 atom stereocenters. The number of carbonyl (C=O) groups excluding carboxylic acids is 1. The molecule has 0 aliphatic carbocycles. The summed E-state index contributed by atoms with van der Waals surface area (Å²) < 4.78 is 40.4. The van der Waals surface area contributed by atoms with Crippen LogP contribution in [-0.4, -0.2) is 23.3 Å². The van der Waals surface area contributed by atoms with Gasteiger partial charge in [0.1, 0.15) is 5.56 Å². The normalized spacial score (nSPS) is 11.4. The first kappa shape index (κ1) is 19.6. The monoisotopic (exact) mass is 427 g/mol. The Morgan fingerprint density at radius 3 is 2.69 bits per heavy atom. The topological polar surface area (TPSA) is 90.2 Å². The zero-order valence-corrected chi connectivity index (χ0v) is 14.9. The standard InChI is InChI=1S/C16H13BrF3N5O/c1-9-6-10(17)2-3-12(9)15(26)24-11-7-13(16(18,19)20)14(22-8-11)25-23-5-4-21/h2-8,21H,1H3,(H,22,25)(H,24,26)/b21-4?,23-5-. The summed E-state index contributed by atoms with van der Waals surface area (Å²) >= 11 is 3.28. The summed E-state index contributed by atoms with van der Waals surface area (Å²) in [5.41, 5.74) is 1.92. The lowest BCUT2D eigenvalue weighted by Crippen LogP contribution is -2.16. The van der Waals surface area contributed by atoms with Gasteiger partial charge < -0.3 is 10.7 Å². The van der Waals surface area contributed by atoms with Gasteiger partial charge in [0.2, 0.25) is 0 Å². The van der Waals surface area contributed by atoms with Gasteiger partial charge in [-0.25, -0.2) is 4.98 Å². The fourth-order valence-corrected chi connectivity index (χ4v) is 2.53. The highest BCUT2D eigenvalue weighted by Gasteiger charge is 2.35. The third kappa shape index (κ3) is 4.88. The molecule has 1 aromatic carbocycles. The van der Waals surface area contributed by atoms with Gasteiger partial charge in [-0.05, 0) is 36.8 Å². The van der Waals surface area contributed by atoms with E-state index in [9.17, 15) is 18.0 Å². The smallest absolute Gasteiger partial charge is 0.321 e. The number of carbonyl (C=O) groups is 1. The van der Waals surface area contributed by atoms with Crippen LogP contribution in [0.4, 0.5) is 24.7 Å². The van der Waals surface area contributed by atoms with Crippen LogP contribution in [0.3, 0.4) is 0 Å². The predicted octanol–water partition coefficient (Wildman–Crippen LogP) is 4.47. The number of nitrogens with zero attached hydrogens (tertiary/aromatic N) is 2. The van der Waals surface area contributed by atoms with E-state index in [4.69, 9.17) is 5.41 Å². The molecule has 2 rings (SSSR count). The molecule has 0 saturated heterocycles. The largest absolute Gasteiger partial charge is 0.420 e. The van der Waals surface area contributed by atoms with Crippen molar-refractivity contribution in [1.29, 1.82) is 5.41 Å². The number of aryl methyl sites for hydroxylation is 1. The number of hydrogen-bond acceptors (Lipinski definition) is 5. The molecular weight excluding hydrogens is 415 g/mol. The lowest BCUT2D eigenvalue weighted by atomic mass is 10.1. The summed E-state index contributed by atoms with van der Waals surface area (Å²) in [6.07, 6.45) is -1.85. The zero-order valence-electron chi connectivity index (χ0n) is 13.4. The van der Waals surface area contributed by atoms with E-state index in [2.05, 4.69) is 36.8 Å². The molecule has 10 heteroatoms. The molecule has 0 unspecified atom stereocenters. The van der Waals surface area contributed by atoms with Crippen molar-refractivity contribution in [3.8, 4) is 0 Å². The Balaban J connectivity index is 2.31. The molecule has 1 amide bonds. The van der Waals surface area contributed by atoms with E-state index < -0.39 is 23.5 Å². The molecule has 0 spiro atoms. The van der Waals surface area contributed by atoms with Gasteiger partial charge in [-0.2, -0.15) is 18.3 Å². The van der Waals surface area contributed by atoms with Crippen LogP contribution < -0.4 is 10.7 Å². The number of amides is 1. The van der Waals surface area contributed by atoms with Crippen molar-refractivity contribution in [1.82, 2.24) is 4.98 Å². The van der Waals surface area contributed by atoms with Crippen LogP contribution in [0.15, 0.2) is 40.0 Å². The maximum atomic E-state index is 13.2. The van der Waals surface area contributed by atoms with Crippen molar-refractivity contribution >= 4 is 45.8 Å². The minimum Gasteiger partial charge on any atom is -0.321 e. The number of benzene rings is 1. The minimum absolute atomic E-state index is 0.105. The van der Waals surface area contributed by atoms with Crippen LogP contribution in [0, 0.1) is 12.3 Å². The third-order valence-corrected chi connectivity index (χ3v) is 3.70. The van der Waals surface area contributed by atoms with E-state index in [-0.39, 0.29) is 5.69 Å². The molecule has 0 aliphatic rings. The second-order valence-corrected chi connectivity index (χ2v) is 6.00. The SMILES string of the molecule is Cc1cc(Br)ccc1C(=O)Nc1cnc(N/N=C\C=N)c(C(F)(F)F)c1. The molecule has 0 saturated carbocycles. The number of rotatable bonds is 5. The number of hydrazone groups is 1. The number of anilines is 2. The van der Waals surface area contributed by atoms with Gasteiger partial charge in [-0.15, -0.1) is 0 Å². The van der Waals surface area contributed by atoms with Gasteiger partial charge in [-0.3, -0.25) is 10.2 Å². The van der Waals surface area contributed by atoms with Crippen LogP contribution in [0.1, 0.15) is 21.5 Å². The van der Waals surface area contributed by atoms with Crippen molar-refractivity contribution in [2.24, 2.45) is 5.10 Å². The molecular formula is C16H13BrF3N5O. The first-order valence-corrected chi connectivity index (χ1v) is 7.94. The van der Waals surface area contributed by atoms with Crippen LogP contribution >= 0.6 is 15.9 Å². The predicted molar refractivity (Wildman–Crippen MR) is 97.0 cm³/mol. The first-order chi connectivity index (χ1) is 12.2. The van der Waals surface area contributed by atoms with Gasteiger partial charge in [0.15, 0.2) is 5.82 Å². The van der Waals surface area contributed by atoms with Gasteiger partial charge in [0.25, 0.3) is 5.91 Å². The molecule has 6 nitrogen and oxygen atoms in total. The van der Waals surface area contributed by atoms with E-state index in [1.54, 1.807) is 25.1 Å².